The molecular weight excluding hydrogens is 299 g/mol. The number of hydrogen-bond donors (Lipinski definition) is 2. The van der Waals surface area contributed by atoms with Crippen LogP contribution < -0.4 is 5.73 Å². The predicted molar refractivity (Wildman–Crippen MR) is 63.9 cm³/mol. The number of amidine groups is 1. The average molecular weight is 306 g/mol. The highest BCUT2D eigenvalue weighted by molar-refractivity contribution is 6.30. The maximum Gasteiger partial charge on any atom is 0.433 e. The third kappa shape index (κ3) is 2.67. The van der Waals surface area contributed by atoms with Crippen LogP contribution in [0.25, 0.3) is 5.82 Å². The molecule has 2 aromatic rings. The van der Waals surface area contributed by atoms with Crippen LogP contribution in [-0.4, -0.2) is 25.8 Å². The maximum absolute atomic E-state index is 12.7. The monoisotopic (exact) mass is 305 g/mol. The van der Waals surface area contributed by atoms with Gasteiger partial charge in [0, 0.05) is 0 Å². The van der Waals surface area contributed by atoms with Crippen molar-refractivity contribution in [3.8, 4) is 5.82 Å². The molecule has 10 heteroatoms. The molecule has 0 amide bonds. The Labute approximate surface area is 115 Å². The molecule has 2 aromatic heterocycles. The molecule has 106 valence electrons. The lowest BCUT2D eigenvalue weighted by molar-refractivity contribution is -0.141. The van der Waals surface area contributed by atoms with E-state index < -0.39 is 17.7 Å². The van der Waals surface area contributed by atoms with Gasteiger partial charge in [-0.2, -0.15) is 18.3 Å². The minimum atomic E-state index is -4.63. The van der Waals surface area contributed by atoms with E-state index in [9.17, 15) is 13.2 Å². The lowest BCUT2D eigenvalue weighted by Crippen LogP contribution is -2.20. The number of nitrogens with zero attached hydrogens (tertiary/aromatic N) is 4. The van der Waals surface area contributed by atoms with E-state index in [0.717, 1.165) is 16.8 Å². The van der Waals surface area contributed by atoms with Crippen molar-refractivity contribution >= 4 is 17.4 Å². The van der Waals surface area contributed by atoms with Crippen molar-refractivity contribution in [1.29, 1.82) is 0 Å². The molecule has 0 saturated heterocycles. The zero-order valence-electron chi connectivity index (χ0n) is 9.63. The second-order valence-electron chi connectivity index (χ2n) is 3.65. The number of halogens is 4. The van der Waals surface area contributed by atoms with Crippen LogP contribution in [0.4, 0.5) is 13.2 Å². The second-order valence-corrected chi connectivity index (χ2v) is 4.09. The summed E-state index contributed by atoms with van der Waals surface area (Å²) in [4.78, 5) is 3.44. The summed E-state index contributed by atoms with van der Waals surface area (Å²) in [5.74, 6) is -0.644. The molecule has 2 rings (SSSR count). The first-order valence-corrected chi connectivity index (χ1v) is 5.47. The first-order chi connectivity index (χ1) is 9.32. The van der Waals surface area contributed by atoms with Crippen molar-refractivity contribution in [1.82, 2.24) is 14.8 Å². The smallest absolute Gasteiger partial charge is 0.409 e. The van der Waals surface area contributed by atoms with Crippen LogP contribution in [0, 0.1) is 0 Å². The number of rotatable bonds is 2. The van der Waals surface area contributed by atoms with Crippen LogP contribution >= 0.6 is 11.6 Å². The molecule has 0 aliphatic heterocycles. The van der Waals surface area contributed by atoms with Gasteiger partial charge in [-0.3, -0.25) is 0 Å². The van der Waals surface area contributed by atoms with Gasteiger partial charge in [0.05, 0.1) is 23.0 Å². The Hall–Kier alpha value is -2.29. The van der Waals surface area contributed by atoms with Gasteiger partial charge in [0.1, 0.15) is 5.69 Å². The first kappa shape index (κ1) is 14.1. The van der Waals surface area contributed by atoms with E-state index in [1.54, 1.807) is 0 Å². The van der Waals surface area contributed by atoms with Crippen molar-refractivity contribution in [2.75, 3.05) is 0 Å². The first-order valence-electron chi connectivity index (χ1n) is 5.09. The molecule has 0 radical (unpaired) electrons. The Morgan fingerprint density at radius 2 is 2.10 bits per heavy atom. The molecule has 3 N–H and O–H groups in total. The van der Waals surface area contributed by atoms with E-state index in [1.807, 2.05) is 0 Å². The Bertz CT molecular complexity index is 667. The van der Waals surface area contributed by atoms with Gasteiger partial charge in [-0.05, 0) is 12.1 Å². The number of pyridine rings is 1. The Morgan fingerprint density at radius 1 is 1.40 bits per heavy atom. The predicted octanol–water partition coefficient (Wildman–Crippen LogP) is 2.03. The molecule has 2 heterocycles. The SMILES string of the molecule is NC(=NO)c1ccc(C(F)(F)F)nc1-n1cc(Cl)cn1. The summed E-state index contributed by atoms with van der Waals surface area (Å²) in [6.07, 6.45) is -2.16. The molecule has 6 nitrogen and oxygen atoms in total. The standard InChI is InChI=1S/C10H7ClF3N5O/c11-5-3-16-19(4-5)9-6(8(15)18-20)1-2-7(17-9)10(12,13)14/h1-4,20H,(H2,15,18). The minimum Gasteiger partial charge on any atom is -0.409 e. The lowest BCUT2D eigenvalue weighted by Gasteiger charge is -2.11. The summed E-state index contributed by atoms with van der Waals surface area (Å²) >= 11 is 5.66. The molecule has 0 unspecified atom stereocenters. The molecule has 0 spiro atoms. The number of aromatic nitrogens is 3. The summed E-state index contributed by atoms with van der Waals surface area (Å²) in [6.45, 7) is 0. The quantitative estimate of drug-likeness (QED) is 0.384. The molecule has 0 atom stereocenters. The van der Waals surface area contributed by atoms with Crippen LogP contribution in [-0.2, 0) is 6.18 Å². The van der Waals surface area contributed by atoms with Crippen molar-refractivity contribution in [3.63, 3.8) is 0 Å². The zero-order chi connectivity index (χ0) is 14.9. The van der Waals surface area contributed by atoms with E-state index in [4.69, 9.17) is 22.5 Å². The van der Waals surface area contributed by atoms with Gasteiger partial charge in [0.25, 0.3) is 0 Å². The third-order valence-corrected chi connectivity index (χ3v) is 2.51. The van der Waals surface area contributed by atoms with Gasteiger partial charge < -0.3 is 10.9 Å². The fourth-order valence-electron chi connectivity index (χ4n) is 1.45. The van der Waals surface area contributed by atoms with E-state index in [0.29, 0.717) is 0 Å². The number of oxime groups is 1. The topological polar surface area (TPSA) is 89.3 Å². The number of hydrogen-bond acceptors (Lipinski definition) is 4. The molecule has 0 bridgehead atoms. The molecule has 0 saturated carbocycles. The normalized spacial score (nSPS) is 12.7. The van der Waals surface area contributed by atoms with Crippen LogP contribution in [0.15, 0.2) is 29.7 Å². The molecule has 0 fully saturated rings. The van der Waals surface area contributed by atoms with Crippen LogP contribution in [0.5, 0.6) is 0 Å². The van der Waals surface area contributed by atoms with Gasteiger partial charge in [-0.25, -0.2) is 9.67 Å². The summed E-state index contributed by atoms with van der Waals surface area (Å²) in [7, 11) is 0. The number of nitrogens with two attached hydrogens (primary N) is 1. The van der Waals surface area contributed by atoms with Crippen LogP contribution in [0.3, 0.4) is 0 Å². The number of alkyl halides is 3. The lowest BCUT2D eigenvalue weighted by atomic mass is 10.2. The molecule has 0 aromatic carbocycles. The molecule has 0 aliphatic carbocycles. The highest BCUT2D eigenvalue weighted by Gasteiger charge is 2.33. The van der Waals surface area contributed by atoms with Gasteiger partial charge >= 0.3 is 6.18 Å². The summed E-state index contributed by atoms with van der Waals surface area (Å²) in [5.41, 5.74) is 4.26. The van der Waals surface area contributed by atoms with E-state index in [1.165, 1.54) is 12.4 Å². The largest absolute Gasteiger partial charge is 0.433 e. The van der Waals surface area contributed by atoms with Gasteiger partial charge in [-0.1, -0.05) is 16.8 Å². The average Bonchev–Trinajstić information content (AvgIpc) is 2.82. The van der Waals surface area contributed by atoms with E-state index >= 15 is 0 Å². The highest BCUT2D eigenvalue weighted by atomic mass is 35.5. The Balaban J connectivity index is 2.66. The highest BCUT2D eigenvalue weighted by Crippen LogP contribution is 2.29. The maximum atomic E-state index is 12.7. The van der Waals surface area contributed by atoms with Gasteiger partial charge in [-0.15, -0.1) is 0 Å². The van der Waals surface area contributed by atoms with E-state index in [2.05, 4.69) is 15.2 Å². The fourth-order valence-corrected chi connectivity index (χ4v) is 1.59. The summed E-state index contributed by atoms with van der Waals surface area (Å²) in [5, 5.41) is 15.3. The van der Waals surface area contributed by atoms with Crippen LogP contribution in [0.2, 0.25) is 5.02 Å². The van der Waals surface area contributed by atoms with E-state index in [-0.39, 0.29) is 16.4 Å². The summed E-state index contributed by atoms with van der Waals surface area (Å²) < 4.78 is 39.0. The zero-order valence-corrected chi connectivity index (χ0v) is 10.4. The van der Waals surface area contributed by atoms with Gasteiger partial charge in [0.2, 0.25) is 0 Å². The molecular formula is C10H7ClF3N5O. The van der Waals surface area contributed by atoms with Crippen molar-refractivity contribution in [3.05, 3.63) is 40.8 Å². The molecule has 0 aliphatic rings. The second kappa shape index (κ2) is 5.00. The van der Waals surface area contributed by atoms with Crippen molar-refractivity contribution < 1.29 is 18.4 Å². The molecule has 20 heavy (non-hydrogen) atoms. The summed E-state index contributed by atoms with van der Waals surface area (Å²) in [6, 6.07) is 1.76. The third-order valence-electron chi connectivity index (χ3n) is 2.32. The van der Waals surface area contributed by atoms with Gasteiger partial charge in [0.15, 0.2) is 11.7 Å². The Kier molecular flexibility index (Phi) is 3.53. The van der Waals surface area contributed by atoms with Crippen molar-refractivity contribution in [2.24, 2.45) is 10.9 Å². The Morgan fingerprint density at radius 3 is 2.60 bits per heavy atom. The fraction of sp³-hybridized carbons (Fsp3) is 0.100. The van der Waals surface area contributed by atoms with Crippen molar-refractivity contribution in [2.45, 2.75) is 6.18 Å². The minimum absolute atomic E-state index is 0.0136. The van der Waals surface area contributed by atoms with Crippen LogP contribution in [0.1, 0.15) is 11.3 Å².